The van der Waals surface area contributed by atoms with Gasteiger partial charge in [-0.15, -0.1) is 11.8 Å². The van der Waals surface area contributed by atoms with Gasteiger partial charge in [-0.05, 0) is 54.8 Å². The van der Waals surface area contributed by atoms with E-state index < -0.39 is 0 Å². The summed E-state index contributed by atoms with van der Waals surface area (Å²) in [5.41, 5.74) is 3.91. The molecule has 0 bridgehead atoms. The van der Waals surface area contributed by atoms with Crippen LogP contribution in [0.1, 0.15) is 43.0 Å². The first-order valence-corrected chi connectivity index (χ1v) is 11.7. The van der Waals surface area contributed by atoms with Crippen LogP contribution < -0.4 is 15.1 Å². The first kappa shape index (κ1) is 20.8. The van der Waals surface area contributed by atoms with Crippen LogP contribution in [-0.2, 0) is 9.59 Å². The summed E-state index contributed by atoms with van der Waals surface area (Å²) in [6.07, 6.45) is 5.52. The number of amides is 2. The van der Waals surface area contributed by atoms with Crippen LogP contribution in [0.2, 0.25) is 0 Å². The van der Waals surface area contributed by atoms with Crippen molar-refractivity contribution in [3.05, 3.63) is 54.1 Å². The van der Waals surface area contributed by atoms with Gasteiger partial charge in [-0.2, -0.15) is 0 Å². The van der Waals surface area contributed by atoms with Gasteiger partial charge in [0.1, 0.15) is 5.37 Å². The van der Waals surface area contributed by atoms with E-state index in [0.29, 0.717) is 5.75 Å². The SMILES string of the molecule is CN(C)c1ccc(N2C(=O)CS[C@H]2c2ccc(NC(=O)C3CCCCC3)cc2)cc1. The molecule has 2 amide bonds. The largest absolute Gasteiger partial charge is 0.378 e. The number of nitrogens with one attached hydrogen (secondary N) is 1. The maximum Gasteiger partial charge on any atom is 0.238 e. The monoisotopic (exact) mass is 423 g/mol. The van der Waals surface area contributed by atoms with E-state index in [9.17, 15) is 9.59 Å². The second kappa shape index (κ2) is 9.13. The second-order valence-electron chi connectivity index (χ2n) is 8.28. The maximum absolute atomic E-state index is 12.6. The quantitative estimate of drug-likeness (QED) is 0.731. The van der Waals surface area contributed by atoms with Crippen LogP contribution in [0.3, 0.4) is 0 Å². The van der Waals surface area contributed by atoms with Crippen molar-refractivity contribution in [1.29, 1.82) is 0 Å². The predicted octanol–water partition coefficient (Wildman–Crippen LogP) is 5.05. The van der Waals surface area contributed by atoms with Gasteiger partial charge in [-0.1, -0.05) is 31.4 Å². The van der Waals surface area contributed by atoms with Gasteiger partial charge in [0.2, 0.25) is 11.8 Å². The third-order valence-electron chi connectivity index (χ3n) is 5.95. The van der Waals surface area contributed by atoms with Gasteiger partial charge in [0.05, 0.1) is 5.75 Å². The number of hydrogen-bond acceptors (Lipinski definition) is 4. The summed E-state index contributed by atoms with van der Waals surface area (Å²) in [6.45, 7) is 0. The molecule has 0 aromatic heterocycles. The standard InChI is InChI=1S/C24H29N3O2S/c1-26(2)20-12-14-21(15-13-20)27-22(28)16-30-24(27)18-8-10-19(11-9-18)25-23(29)17-6-4-3-5-7-17/h8-15,17,24H,3-7,16H2,1-2H3,(H,25,29)/t24-/m0/s1. The Hall–Kier alpha value is -2.47. The van der Waals surface area contributed by atoms with Crippen LogP contribution in [0.15, 0.2) is 48.5 Å². The molecule has 0 unspecified atom stereocenters. The summed E-state index contributed by atoms with van der Waals surface area (Å²) in [4.78, 5) is 29.0. The molecule has 4 rings (SSSR count). The molecule has 6 heteroatoms. The van der Waals surface area contributed by atoms with Gasteiger partial charge >= 0.3 is 0 Å². The van der Waals surface area contributed by atoms with Crippen molar-refractivity contribution in [3.63, 3.8) is 0 Å². The summed E-state index contributed by atoms with van der Waals surface area (Å²) in [5, 5.41) is 3.02. The first-order chi connectivity index (χ1) is 14.5. The van der Waals surface area contributed by atoms with Crippen LogP contribution in [-0.4, -0.2) is 31.7 Å². The number of anilines is 3. The Kier molecular flexibility index (Phi) is 6.32. The fraction of sp³-hybridized carbons (Fsp3) is 0.417. The third-order valence-corrected chi connectivity index (χ3v) is 7.16. The molecule has 30 heavy (non-hydrogen) atoms. The Labute approximate surface area is 182 Å². The average Bonchev–Trinajstić information content (AvgIpc) is 3.16. The number of hydrogen-bond donors (Lipinski definition) is 1. The molecule has 1 aliphatic heterocycles. The van der Waals surface area contributed by atoms with E-state index in [-0.39, 0.29) is 23.1 Å². The molecule has 0 spiro atoms. The minimum Gasteiger partial charge on any atom is -0.378 e. The highest BCUT2D eigenvalue weighted by Crippen LogP contribution is 2.42. The van der Waals surface area contributed by atoms with E-state index in [1.807, 2.05) is 72.4 Å². The smallest absolute Gasteiger partial charge is 0.238 e. The van der Waals surface area contributed by atoms with Crippen LogP contribution in [0, 0.1) is 5.92 Å². The number of nitrogens with zero attached hydrogens (tertiary/aromatic N) is 2. The van der Waals surface area contributed by atoms with Crippen molar-refractivity contribution in [2.45, 2.75) is 37.5 Å². The minimum absolute atomic E-state index is 0.0502. The van der Waals surface area contributed by atoms with Crippen LogP contribution >= 0.6 is 11.8 Å². The molecule has 2 fully saturated rings. The minimum atomic E-state index is -0.0502. The Morgan fingerprint density at radius 2 is 1.67 bits per heavy atom. The van der Waals surface area contributed by atoms with Gasteiger partial charge in [-0.25, -0.2) is 0 Å². The van der Waals surface area contributed by atoms with Crippen molar-refractivity contribution < 1.29 is 9.59 Å². The van der Waals surface area contributed by atoms with Crippen molar-refractivity contribution >= 4 is 40.6 Å². The van der Waals surface area contributed by atoms with Crippen LogP contribution in [0.4, 0.5) is 17.1 Å². The van der Waals surface area contributed by atoms with Gasteiger partial charge in [0.15, 0.2) is 0 Å². The lowest BCUT2D eigenvalue weighted by atomic mass is 9.88. The van der Waals surface area contributed by atoms with E-state index in [2.05, 4.69) is 5.32 Å². The van der Waals surface area contributed by atoms with E-state index in [0.717, 1.165) is 48.3 Å². The molecule has 2 aromatic rings. The number of carbonyl (C=O) groups is 2. The van der Waals surface area contributed by atoms with E-state index in [1.165, 1.54) is 6.42 Å². The van der Waals surface area contributed by atoms with Gasteiger partial charge in [-0.3, -0.25) is 14.5 Å². The number of benzene rings is 2. The lowest BCUT2D eigenvalue weighted by molar-refractivity contribution is -0.120. The fourth-order valence-corrected chi connectivity index (χ4v) is 5.38. The zero-order chi connectivity index (χ0) is 21.1. The molecule has 5 nitrogen and oxygen atoms in total. The normalized spacial score (nSPS) is 19.7. The topological polar surface area (TPSA) is 52.6 Å². The Morgan fingerprint density at radius 1 is 1.00 bits per heavy atom. The van der Waals surface area contributed by atoms with Crippen LogP contribution in [0.5, 0.6) is 0 Å². The molecular weight excluding hydrogens is 394 g/mol. The lowest BCUT2D eigenvalue weighted by Crippen LogP contribution is -2.28. The summed E-state index contributed by atoms with van der Waals surface area (Å²) in [6, 6.07) is 16.0. The second-order valence-corrected chi connectivity index (χ2v) is 9.35. The Morgan fingerprint density at radius 3 is 2.30 bits per heavy atom. The molecule has 1 saturated heterocycles. The van der Waals surface area contributed by atoms with Gasteiger partial charge < -0.3 is 10.2 Å². The Balaban J connectivity index is 1.47. The van der Waals surface area contributed by atoms with E-state index in [1.54, 1.807) is 11.8 Å². The van der Waals surface area contributed by atoms with E-state index >= 15 is 0 Å². The Bertz CT molecular complexity index is 890. The van der Waals surface area contributed by atoms with E-state index in [4.69, 9.17) is 0 Å². The van der Waals surface area contributed by atoms with Gasteiger partial charge in [0, 0.05) is 37.1 Å². The molecule has 1 heterocycles. The molecule has 0 radical (unpaired) electrons. The molecular formula is C24H29N3O2S. The van der Waals surface area contributed by atoms with Crippen molar-refractivity contribution in [1.82, 2.24) is 0 Å². The predicted molar refractivity (Wildman–Crippen MR) is 125 cm³/mol. The lowest BCUT2D eigenvalue weighted by Gasteiger charge is -2.25. The fourth-order valence-electron chi connectivity index (χ4n) is 4.20. The first-order valence-electron chi connectivity index (χ1n) is 10.6. The summed E-state index contributed by atoms with van der Waals surface area (Å²) in [7, 11) is 4.01. The summed E-state index contributed by atoms with van der Waals surface area (Å²) < 4.78 is 0. The molecule has 1 atom stereocenters. The van der Waals surface area contributed by atoms with Crippen molar-refractivity contribution in [2.24, 2.45) is 5.92 Å². The maximum atomic E-state index is 12.6. The molecule has 158 valence electrons. The number of thioether (sulfide) groups is 1. The van der Waals surface area contributed by atoms with Gasteiger partial charge in [0.25, 0.3) is 0 Å². The zero-order valence-corrected chi connectivity index (χ0v) is 18.5. The highest BCUT2D eigenvalue weighted by Gasteiger charge is 2.34. The zero-order valence-electron chi connectivity index (χ0n) is 17.6. The molecule has 1 saturated carbocycles. The van der Waals surface area contributed by atoms with Crippen molar-refractivity contribution in [2.75, 3.05) is 35.0 Å². The molecule has 2 aromatic carbocycles. The molecule has 1 aliphatic carbocycles. The average molecular weight is 424 g/mol. The summed E-state index contributed by atoms with van der Waals surface area (Å²) in [5.74, 6) is 0.870. The highest BCUT2D eigenvalue weighted by molar-refractivity contribution is 8.00. The molecule has 1 N–H and O–H groups in total. The molecule has 2 aliphatic rings. The summed E-state index contributed by atoms with van der Waals surface area (Å²) >= 11 is 1.64. The third kappa shape index (κ3) is 4.48. The highest BCUT2D eigenvalue weighted by atomic mass is 32.2. The van der Waals surface area contributed by atoms with Crippen LogP contribution in [0.25, 0.3) is 0 Å². The number of rotatable bonds is 5. The van der Waals surface area contributed by atoms with Crippen molar-refractivity contribution in [3.8, 4) is 0 Å². The number of carbonyl (C=O) groups excluding carboxylic acids is 2.